The van der Waals surface area contributed by atoms with Crippen molar-refractivity contribution in [1.29, 1.82) is 0 Å². The number of rotatable bonds is 5. The van der Waals surface area contributed by atoms with Crippen molar-refractivity contribution in [1.82, 2.24) is 0 Å². The van der Waals surface area contributed by atoms with Crippen LogP contribution in [0.5, 0.6) is 0 Å². The predicted octanol–water partition coefficient (Wildman–Crippen LogP) is 4.15. The minimum atomic E-state index is 0.697. The van der Waals surface area contributed by atoms with Crippen molar-refractivity contribution in [3.63, 3.8) is 0 Å². The molecule has 0 aliphatic carbocycles. The smallest absolute Gasteiger partial charge is 0.0259 e. The van der Waals surface area contributed by atoms with E-state index in [1.807, 2.05) is 0 Å². The van der Waals surface area contributed by atoms with Crippen molar-refractivity contribution >= 4 is 0 Å². The van der Waals surface area contributed by atoms with E-state index in [2.05, 4.69) is 45.9 Å². The third kappa shape index (κ3) is 7.59. The van der Waals surface area contributed by atoms with Crippen LogP contribution in [0.2, 0.25) is 0 Å². The maximum absolute atomic E-state index is 3.77. The lowest BCUT2D eigenvalue weighted by atomic mass is 10.0. The van der Waals surface area contributed by atoms with Crippen molar-refractivity contribution in [2.24, 2.45) is 5.92 Å². The SMILES string of the molecule is [CH2]CC=CC(C)CCC=C(C)C. The Bertz CT molecular complexity index is 147. The molecule has 1 radical (unpaired) electrons. The first-order valence-electron chi connectivity index (χ1n) is 4.76. The maximum atomic E-state index is 3.77. The van der Waals surface area contributed by atoms with Crippen molar-refractivity contribution in [3.05, 3.63) is 30.7 Å². The van der Waals surface area contributed by atoms with Gasteiger partial charge in [-0.3, -0.25) is 0 Å². The van der Waals surface area contributed by atoms with Crippen LogP contribution < -0.4 is 0 Å². The average molecular weight is 165 g/mol. The minimum absolute atomic E-state index is 0.697. The first-order valence-corrected chi connectivity index (χ1v) is 4.76. The number of hydrogen-bond donors (Lipinski definition) is 0. The summed E-state index contributed by atoms with van der Waals surface area (Å²) in [5, 5.41) is 0. The second kappa shape index (κ2) is 7.15. The van der Waals surface area contributed by atoms with Crippen LogP contribution in [0.3, 0.4) is 0 Å². The molecule has 0 aromatic rings. The fraction of sp³-hybridized carbons (Fsp3) is 0.583. The predicted molar refractivity (Wildman–Crippen MR) is 56.9 cm³/mol. The van der Waals surface area contributed by atoms with E-state index in [-0.39, 0.29) is 0 Å². The Labute approximate surface area is 77.4 Å². The minimum Gasteiger partial charge on any atom is -0.0883 e. The summed E-state index contributed by atoms with van der Waals surface area (Å²) in [4.78, 5) is 0. The maximum Gasteiger partial charge on any atom is -0.0259 e. The summed E-state index contributed by atoms with van der Waals surface area (Å²) in [5.41, 5.74) is 1.42. The molecule has 69 valence electrons. The summed E-state index contributed by atoms with van der Waals surface area (Å²) < 4.78 is 0. The summed E-state index contributed by atoms with van der Waals surface area (Å²) >= 11 is 0. The molecule has 1 unspecified atom stereocenters. The Morgan fingerprint density at radius 1 is 1.42 bits per heavy atom. The van der Waals surface area contributed by atoms with E-state index in [9.17, 15) is 0 Å². The second-order valence-electron chi connectivity index (χ2n) is 3.55. The molecule has 0 spiro atoms. The average Bonchev–Trinajstić information content (AvgIpc) is 2.00. The standard InChI is InChI=1S/C12H21/c1-5-6-9-12(4)10-7-8-11(2)3/h6,8-9,12H,1,5,7,10H2,2-4H3. The van der Waals surface area contributed by atoms with Crippen LogP contribution >= 0.6 is 0 Å². The lowest BCUT2D eigenvalue weighted by Crippen LogP contribution is -1.87. The third-order valence-electron chi connectivity index (χ3n) is 1.81. The molecule has 0 amide bonds. The fourth-order valence-corrected chi connectivity index (χ4v) is 1.06. The zero-order valence-electron chi connectivity index (χ0n) is 8.64. The van der Waals surface area contributed by atoms with Gasteiger partial charge in [0.1, 0.15) is 0 Å². The zero-order chi connectivity index (χ0) is 9.40. The van der Waals surface area contributed by atoms with E-state index >= 15 is 0 Å². The molecule has 0 aliphatic heterocycles. The summed E-state index contributed by atoms with van der Waals surface area (Å²) in [5.74, 6) is 0.697. The molecule has 0 aliphatic rings. The van der Waals surface area contributed by atoms with E-state index in [4.69, 9.17) is 0 Å². The summed E-state index contributed by atoms with van der Waals surface area (Å²) in [6.07, 6.45) is 10.1. The van der Waals surface area contributed by atoms with E-state index in [1.54, 1.807) is 0 Å². The van der Waals surface area contributed by atoms with Gasteiger partial charge < -0.3 is 0 Å². The largest absolute Gasteiger partial charge is 0.0883 e. The lowest BCUT2D eigenvalue weighted by Gasteiger charge is -2.02. The molecule has 0 aromatic heterocycles. The molecule has 12 heavy (non-hydrogen) atoms. The number of allylic oxidation sites excluding steroid dienone is 4. The van der Waals surface area contributed by atoms with Crippen LogP contribution in [-0.2, 0) is 0 Å². The van der Waals surface area contributed by atoms with Crippen LogP contribution in [0.25, 0.3) is 0 Å². The lowest BCUT2D eigenvalue weighted by molar-refractivity contribution is 0.655. The van der Waals surface area contributed by atoms with Crippen molar-refractivity contribution in [2.75, 3.05) is 0 Å². The molecular formula is C12H21. The first-order chi connectivity index (χ1) is 5.66. The molecule has 0 aromatic carbocycles. The molecule has 0 fully saturated rings. The summed E-state index contributed by atoms with van der Waals surface area (Å²) in [6, 6.07) is 0. The van der Waals surface area contributed by atoms with Crippen molar-refractivity contribution in [2.45, 2.75) is 40.0 Å². The van der Waals surface area contributed by atoms with Gasteiger partial charge in [-0.15, -0.1) is 0 Å². The van der Waals surface area contributed by atoms with Gasteiger partial charge in [0.05, 0.1) is 0 Å². The number of hydrogen-bond acceptors (Lipinski definition) is 0. The molecule has 0 N–H and O–H groups in total. The van der Waals surface area contributed by atoms with Crippen LogP contribution in [0.4, 0.5) is 0 Å². The Morgan fingerprint density at radius 3 is 2.58 bits per heavy atom. The summed E-state index contributed by atoms with van der Waals surface area (Å²) in [6.45, 7) is 10.3. The first kappa shape index (κ1) is 11.5. The zero-order valence-corrected chi connectivity index (χ0v) is 8.64. The Hall–Kier alpha value is -0.520. The van der Waals surface area contributed by atoms with E-state index < -0.39 is 0 Å². The van der Waals surface area contributed by atoms with Gasteiger partial charge in [0.15, 0.2) is 0 Å². The van der Waals surface area contributed by atoms with Gasteiger partial charge in [0.2, 0.25) is 0 Å². The normalized spacial score (nSPS) is 13.3. The molecule has 0 bridgehead atoms. The summed E-state index contributed by atoms with van der Waals surface area (Å²) in [7, 11) is 0. The highest BCUT2D eigenvalue weighted by atomic mass is 14.0. The Kier molecular flexibility index (Phi) is 6.84. The van der Waals surface area contributed by atoms with Gasteiger partial charge in [-0.1, -0.05) is 30.7 Å². The highest BCUT2D eigenvalue weighted by Crippen LogP contribution is 2.09. The highest BCUT2D eigenvalue weighted by molar-refractivity contribution is 4.94. The van der Waals surface area contributed by atoms with Crippen LogP contribution in [-0.4, -0.2) is 0 Å². The molecule has 0 nitrogen and oxygen atoms in total. The molecular weight excluding hydrogens is 144 g/mol. The van der Waals surface area contributed by atoms with E-state index in [0.717, 1.165) is 6.42 Å². The van der Waals surface area contributed by atoms with Gasteiger partial charge in [-0.2, -0.15) is 0 Å². The molecule has 0 saturated heterocycles. The highest BCUT2D eigenvalue weighted by Gasteiger charge is 1.93. The fourth-order valence-electron chi connectivity index (χ4n) is 1.06. The van der Waals surface area contributed by atoms with Crippen molar-refractivity contribution < 1.29 is 0 Å². The molecule has 0 heteroatoms. The van der Waals surface area contributed by atoms with Crippen LogP contribution in [0.1, 0.15) is 40.0 Å². The molecule has 1 atom stereocenters. The molecule has 0 rings (SSSR count). The Balaban J connectivity index is 3.50. The van der Waals surface area contributed by atoms with Crippen molar-refractivity contribution in [3.8, 4) is 0 Å². The van der Waals surface area contributed by atoms with E-state index in [1.165, 1.54) is 18.4 Å². The molecule has 0 heterocycles. The van der Waals surface area contributed by atoms with Gasteiger partial charge in [0.25, 0.3) is 0 Å². The van der Waals surface area contributed by atoms with Gasteiger partial charge in [-0.05, 0) is 46.0 Å². The Morgan fingerprint density at radius 2 is 2.08 bits per heavy atom. The molecule has 0 saturated carbocycles. The second-order valence-corrected chi connectivity index (χ2v) is 3.55. The third-order valence-corrected chi connectivity index (χ3v) is 1.81. The quantitative estimate of drug-likeness (QED) is 0.537. The van der Waals surface area contributed by atoms with Gasteiger partial charge in [0, 0.05) is 0 Å². The van der Waals surface area contributed by atoms with E-state index in [0.29, 0.717) is 5.92 Å². The monoisotopic (exact) mass is 165 g/mol. The van der Waals surface area contributed by atoms with Gasteiger partial charge >= 0.3 is 0 Å². The van der Waals surface area contributed by atoms with Crippen LogP contribution in [0.15, 0.2) is 23.8 Å². The van der Waals surface area contributed by atoms with Gasteiger partial charge in [-0.25, -0.2) is 0 Å². The van der Waals surface area contributed by atoms with Crippen LogP contribution in [0, 0.1) is 12.8 Å². The topological polar surface area (TPSA) is 0 Å².